The highest BCUT2D eigenvalue weighted by Gasteiger charge is 2.45. The lowest BCUT2D eigenvalue weighted by molar-refractivity contribution is 0.117. The second-order valence-corrected chi connectivity index (χ2v) is 3.77. The lowest BCUT2D eigenvalue weighted by atomic mass is 9.97. The van der Waals surface area contributed by atoms with Gasteiger partial charge in [-0.1, -0.05) is 0 Å². The Labute approximate surface area is 60.0 Å². The molecule has 2 aliphatic carbocycles. The quantitative estimate of drug-likeness (QED) is 0.512. The van der Waals surface area contributed by atoms with Crippen LogP contribution in [-0.4, -0.2) is 16.6 Å². The molecule has 52 valence electrons. The lowest BCUT2D eigenvalue weighted by Crippen LogP contribution is -2.27. The summed E-state index contributed by atoms with van der Waals surface area (Å²) in [5.74, 6) is 1.17. The fourth-order valence-corrected chi connectivity index (χ4v) is 2.63. The van der Waals surface area contributed by atoms with Crippen molar-refractivity contribution in [2.45, 2.75) is 30.7 Å². The molecule has 2 saturated carbocycles. The molecule has 2 rings (SSSR count). The Morgan fingerprint density at radius 3 is 2.22 bits per heavy atom. The molecule has 0 aromatic heterocycles. The van der Waals surface area contributed by atoms with E-state index in [0.717, 1.165) is 0 Å². The molecule has 2 aliphatic rings. The maximum atomic E-state index is 9.36. The summed E-state index contributed by atoms with van der Waals surface area (Å²) in [6.07, 6.45) is 3.44. The third-order valence-corrected chi connectivity index (χ3v) is 3.39. The number of fused-ring (bicyclic) bond motifs is 2. The molecule has 0 aliphatic heterocycles. The topological polar surface area (TPSA) is 20.2 Å². The molecule has 2 fully saturated rings. The van der Waals surface area contributed by atoms with Crippen LogP contribution in [0.5, 0.6) is 0 Å². The van der Waals surface area contributed by atoms with Crippen molar-refractivity contribution in [3.05, 3.63) is 0 Å². The molecule has 2 heteroatoms. The maximum absolute atomic E-state index is 9.36. The summed E-state index contributed by atoms with van der Waals surface area (Å²) in [6, 6.07) is 0. The molecule has 9 heavy (non-hydrogen) atoms. The number of rotatable bonds is 0. The first-order chi connectivity index (χ1) is 4.29. The molecule has 4 atom stereocenters. The molecule has 0 aromatic rings. The van der Waals surface area contributed by atoms with E-state index < -0.39 is 0 Å². The van der Waals surface area contributed by atoms with Crippen LogP contribution in [0.2, 0.25) is 0 Å². The molecule has 1 N–H and O–H groups in total. The monoisotopic (exact) mass is 146 g/mol. The standard InChI is InChI=1S/C7H11ClO/c8-6-4-1-2-5(3-4)7(6)9/h4-7,9H,1-3H2/t4-,5+,6-,7-/m0/s1. The average Bonchev–Trinajstić information content (AvgIpc) is 2.37. The predicted molar refractivity (Wildman–Crippen MR) is 36.5 cm³/mol. The Morgan fingerprint density at radius 1 is 1.22 bits per heavy atom. The normalized spacial score (nSPS) is 56.7. The van der Waals surface area contributed by atoms with Gasteiger partial charge in [0, 0.05) is 0 Å². The highest BCUT2D eigenvalue weighted by atomic mass is 35.5. The summed E-state index contributed by atoms with van der Waals surface area (Å²) in [4.78, 5) is 0. The van der Waals surface area contributed by atoms with E-state index >= 15 is 0 Å². The first-order valence-corrected chi connectivity index (χ1v) is 4.05. The summed E-state index contributed by atoms with van der Waals surface area (Å²) in [5.41, 5.74) is 0. The number of aliphatic hydroxyl groups excluding tert-OH is 1. The first-order valence-electron chi connectivity index (χ1n) is 3.61. The van der Waals surface area contributed by atoms with Crippen LogP contribution in [0, 0.1) is 11.8 Å². The molecular formula is C7H11ClO. The number of hydrogen-bond acceptors (Lipinski definition) is 1. The number of halogens is 1. The zero-order valence-electron chi connectivity index (χ0n) is 5.26. The minimum absolute atomic E-state index is 0.0729. The van der Waals surface area contributed by atoms with E-state index in [1.165, 1.54) is 19.3 Å². The number of hydrogen-bond donors (Lipinski definition) is 1. The third kappa shape index (κ3) is 0.714. The summed E-state index contributed by atoms with van der Waals surface area (Å²) < 4.78 is 0. The summed E-state index contributed by atoms with van der Waals surface area (Å²) >= 11 is 5.91. The SMILES string of the molecule is O[C@H]1[C@@H]2CC[C@@H](C2)[C@@H]1Cl. The average molecular weight is 147 g/mol. The van der Waals surface area contributed by atoms with Gasteiger partial charge in [-0.2, -0.15) is 0 Å². The van der Waals surface area contributed by atoms with Gasteiger partial charge in [-0.3, -0.25) is 0 Å². The van der Waals surface area contributed by atoms with Gasteiger partial charge in [0.1, 0.15) is 0 Å². The zero-order valence-corrected chi connectivity index (χ0v) is 6.01. The van der Waals surface area contributed by atoms with Crippen molar-refractivity contribution in [2.24, 2.45) is 11.8 Å². The van der Waals surface area contributed by atoms with Gasteiger partial charge in [0.05, 0.1) is 11.5 Å². The van der Waals surface area contributed by atoms with E-state index in [9.17, 15) is 5.11 Å². The second-order valence-electron chi connectivity index (χ2n) is 3.27. The Hall–Kier alpha value is 0.250. The minimum Gasteiger partial charge on any atom is -0.391 e. The number of aliphatic hydroxyl groups is 1. The van der Waals surface area contributed by atoms with Gasteiger partial charge in [0.25, 0.3) is 0 Å². The highest BCUT2D eigenvalue weighted by Crippen LogP contribution is 2.46. The van der Waals surface area contributed by atoms with Crippen LogP contribution in [0.15, 0.2) is 0 Å². The van der Waals surface area contributed by atoms with Crippen molar-refractivity contribution in [3.63, 3.8) is 0 Å². The van der Waals surface area contributed by atoms with Crippen LogP contribution in [0.25, 0.3) is 0 Å². The Balaban J connectivity index is 2.15. The zero-order chi connectivity index (χ0) is 6.43. The van der Waals surface area contributed by atoms with Gasteiger partial charge in [-0.15, -0.1) is 11.6 Å². The van der Waals surface area contributed by atoms with E-state index in [1.54, 1.807) is 0 Å². The van der Waals surface area contributed by atoms with E-state index in [0.29, 0.717) is 11.8 Å². The Morgan fingerprint density at radius 2 is 1.89 bits per heavy atom. The smallest absolute Gasteiger partial charge is 0.0734 e. The Bertz CT molecular complexity index is 108. The summed E-state index contributed by atoms with van der Waals surface area (Å²) in [6.45, 7) is 0. The van der Waals surface area contributed by atoms with Crippen molar-refractivity contribution in [2.75, 3.05) is 0 Å². The summed E-state index contributed by atoms with van der Waals surface area (Å²) in [7, 11) is 0. The van der Waals surface area contributed by atoms with E-state index in [1.807, 2.05) is 0 Å². The highest BCUT2D eigenvalue weighted by molar-refractivity contribution is 6.21. The van der Waals surface area contributed by atoms with Crippen LogP contribution in [0.3, 0.4) is 0 Å². The van der Waals surface area contributed by atoms with E-state index in [2.05, 4.69) is 0 Å². The molecular weight excluding hydrogens is 136 g/mol. The third-order valence-electron chi connectivity index (χ3n) is 2.77. The van der Waals surface area contributed by atoms with Gasteiger partial charge in [-0.25, -0.2) is 0 Å². The molecule has 0 saturated heterocycles. The molecule has 0 heterocycles. The fourth-order valence-electron chi connectivity index (χ4n) is 2.19. The van der Waals surface area contributed by atoms with Crippen molar-refractivity contribution in [3.8, 4) is 0 Å². The largest absolute Gasteiger partial charge is 0.391 e. The first kappa shape index (κ1) is 5.99. The van der Waals surface area contributed by atoms with Gasteiger partial charge < -0.3 is 5.11 Å². The Kier molecular flexibility index (Phi) is 1.24. The van der Waals surface area contributed by atoms with Gasteiger partial charge >= 0.3 is 0 Å². The van der Waals surface area contributed by atoms with Crippen LogP contribution < -0.4 is 0 Å². The van der Waals surface area contributed by atoms with Gasteiger partial charge in [0.2, 0.25) is 0 Å². The molecule has 0 aromatic carbocycles. The van der Waals surface area contributed by atoms with Crippen LogP contribution in [0.4, 0.5) is 0 Å². The van der Waals surface area contributed by atoms with E-state index in [-0.39, 0.29) is 11.5 Å². The van der Waals surface area contributed by atoms with Crippen LogP contribution >= 0.6 is 11.6 Å². The molecule has 0 amide bonds. The van der Waals surface area contributed by atoms with Gasteiger partial charge in [-0.05, 0) is 31.1 Å². The van der Waals surface area contributed by atoms with Crippen molar-refractivity contribution < 1.29 is 5.11 Å². The van der Waals surface area contributed by atoms with E-state index in [4.69, 9.17) is 11.6 Å². The minimum atomic E-state index is -0.189. The van der Waals surface area contributed by atoms with Crippen molar-refractivity contribution in [1.82, 2.24) is 0 Å². The van der Waals surface area contributed by atoms with Crippen LogP contribution in [0.1, 0.15) is 19.3 Å². The lowest BCUT2D eigenvalue weighted by Gasteiger charge is -2.20. The van der Waals surface area contributed by atoms with Crippen molar-refractivity contribution in [1.29, 1.82) is 0 Å². The molecule has 2 bridgehead atoms. The predicted octanol–water partition coefficient (Wildman–Crippen LogP) is 1.38. The molecule has 0 unspecified atom stereocenters. The van der Waals surface area contributed by atoms with Gasteiger partial charge in [0.15, 0.2) is 0 Å². The molecule has 0 radical (unpaired) electrons. The number of alkyl halides is 1. The summed E-state index contributed by atoms with van der Waals surface area (Å²) in [5, 5.41) is 9.43. The second kappa shape index (κ2) is 1.86. The molecule has 1 nitrogen and oxygen atoms in total. The van der Waals surface area contributed by atoms with Crippen molar-refractivity contribution >= 4 is 11.6 Å². The molecule has 0 spiro atoms. The fraction of sp³-hybridized carbons (Fsp3) is 1.00. The maximum Gasteiger partial charge on any atom is 0.0734 e. The van der Waals surface area contributed by atoms with Crippen LogP contribution in [-0.2, 0) is 0 Å².